The van der Waals surface area contributed by atoms with E-state index in [1.165, 1.54) is 11.5 Å². The van der Waals surface area contributed by atoms with E-state index in [1.54, 1.807) is 0 Å². The van der Waals surface area contributed by atoms with Crippen LogP contribution in [0.1, 0.15) is 0 Å². The third kappa shape index (κ3) is 2.52. The van der Waals surface area contributed by atoms with Crippen molar-refractivity contribution in [2.24, 2.45) is 0 Å². The number of ether oxygens (including phenoxy) is 1. The van der Waals surface area contributed by atoms with Gasteiger partial charge < -0.3 is 14.5 Å². The zero-order valence-corrected chi connectivity index (χ0v) is 9.91. The molecule has 0 saturated carbocycles. The molecule has 2 saturated heterocycles. The Labute approximate surface area is 94.8 Å². The molecular formula is C9H16N2OS2. The maximum Gasteiger partial charge on any atom is 0.171 e. The van der Waals surface area contributed by atoms with Gasteiger partial charge >= 0.3 is 0 Å². The maximum atomic E-state index is 5.48. The Morgan fingerprint density at radius 2 is 1.57 bits per heavy atom. The minimum absolute atomic E-state index is 0.822. The van der Waals surface area contributed by atoms with E-state index in [2.05, 4.69) is 9.80 Å². The fourth-order valence-electron chi connectivity index (χ4n) is 1.71. The van der Waals surface area contributed by atoms with Crippen LogP contribution in [0.2, 0.25) is 0 Å². The molecule has 0 aromatic carbocycles. The monoisotopic (exact) mass is 232 g/mol. The summed E-state index contributed by atoms with van der Waals surface area (Å²) in [6, 6.07) is 0. The molecule has 0 N–H and O–H groups in total. The second-order valence-electron chi connectivity index (χ2n) is 3.48. The second-order valence-corrected chi connectivity index (χ2v) is 5.07. The normalized spacial score (nSPS) is 23.7. The van der Waals surface area contributed by atoms with Crippen LogP contribution in [0.5, 0.6) is 0 Å². The summed E-state index contributed by atoms with van der Waals surface area (Å²) < 4.78 is 5.31. The molecule has 2 fully saturated rings. The zero-order valence-electron chi connectivity index (χ0n) is 8.28. The minimum Gasteiger partial charge on any atom is -0.378 e. The van der Waals surface area contributed by atoms with Crippen molar-refractivity contribution in [1.82, 2.24) is 9.80 Å². The van der Waals surface area contributed by atoms with Crippen molar-refractivity contribution in [3.63, 3.8) is 0 Å². The minimum atomic E-state index is 0.822. The fourth-order valence-corrected chi connectivity index (χ4v) is 2.98. The molecule has 2 heterocycles. The van der Waals surface area contributed by atoms with Crippen LogP contribution in [0.15, 0.2) is 0 Å². The predicted molar refractivity (Wildman–Crippen MR) is 63.9 cm³/mol. The molecule has 0 unspecified atom stereocenters. The third-order valence-corrected chi connectivity index (χ3v) is 4.02. The largest absolute Gasteiger partial charge is 0.378 e. The van der Waals surface area contributed by atoms with E-state index in [-0.39, 0.29) is 0 Å². The number of nitrogens with zero attached hydrogens (tertiary/aromatic N) is 2. The first kappa shape index (κ1) is 10.5. The Morgan fingerprint density at radius 1 is 1.00 bits per heavy atom. The van der Waals surface area contributed by atoms with E-state index in [9.17, 15) is 0 Å². The summed E-state index contributed by atoms with van der Waals surface area (Å²) in [5.74, 6) is 2.43. The molecule has 0 aliphatic carbocycles. The van der Waals surface area contributed by atoms with Crippen LogP contribution in [-0.4, -0.2) is 65.8 Å². The average Bonchev–Trinajstić information content (AvgIpc) is 2.30. The molecule has 0 spiro atoms. The van der Waals surface area contributed by atoms with Crippen LogP contribution in [0.25, 0.3) is 0 Å². The van der Waals surface area contributed by atoms with Gasteiger partial charge in [0.25, 0.3) is 0 Å². The van der Waals surface area contributed by atoms with Crippen molar-refractivity contribution in [1.29, 1.82) is 0 Å². The van der Waals surface area contributed by atoms with E-state index < -0.39 is 0 Å². The van der Waals surface area contributed by atoms with E-state index in [0.717, 1.165) is 44.5 Å². The van der Waals surface area contributed by atoms with Crippen LogP contribution in [0.3, 0.4) is 0 Å². The molecule has 0 amide bonds. The lowest BCUT2D eigenvalue weighted by atomic mass is 10.4. The molecule has 0 aromatic rings. The Morgan fingerprint density at radius 3 is 2.21 bits per heavy atom. The predicted octanol–water partition coefficient (Wildman–Crippen LogP) is 0.652. The van der Waals surface area contributed by atoms with Crippen LogP contribution in [0.4, 0.5) is 0 Å². The highest BCUT2D eigenvalue weighted by Gasteiger charge is 2.20. The number of thiocarbonyl (C=S) groups is 1. The van der Waals surface area contributed by atoms with E-state index in [1.807, 2.05) is 11.8 Å². The van der Waals surface area contributed by atoms with Gasteiger partial charge in [0.05, 0.1) is 13.2 Å². The average molecular weight is 232 g/mol. The van der Waals surface area contributed by atoms with Crippen LogP contribution < -0.4 is 0 Å². The number of hydrogen-bond donors (Lipinski definition) is 0. The molecule has 3 nitrogen and oxygen atoms in total. The fraction of sp³-hybridized carbons (Fsp3) is 0.889. The number of thioether (sulfide) groups is 1. The van der Waals surface area contributed by atoms with E-state index in [0.29, 0.717) is 0 Å². The van der Waals surface area contributed by atoms with Gasteiger partial charge in [-0.2, -0.15) is 11.8 Å². The van der Waals surface area contributed by atoms with Gasteiger partial charge in [-0.15, -0.1) is 0 Å². The van der Waals surface area contributed by atoms with Crippen molar-refractivity contribution in [2.75, 3.05) is 50.9 Å². The van der Waals surface area contributed by atoms with Gasteiger partial charge in [-0.05, 0) is 12.2 Å². The summed E-state index contributed by atoms with van der Waals surface area (Å²) >= 11 is 7.50. The molecule has 0 atom stereocenters. The number of rotatable bonds is 0. The SMILES string of the molecule is S=C(N1CCOCC1)N1CCSCC1. The van der Waals surface area contributed by atoms with E-state index >= 15 is 0 Å². The third-order valence-electron chi connectivity index (χ3n) is 2.56. The lowest BCUT2D eigenvalue weighted by Gasteiger charge is -2.37. The van der Waals surface area contributed by atoms with Crippen molar-refractivity contribution in [3.05, 3.63) is 0 Å². The number of hydrogen-bond acceptors (Lipinski definition) is 3. The molecule has 80 valence electrons. The Kier molecular flexibility index (Phi) is 3.89. The summed E-state index contributed by atoms with van der Waals surface area (Å²) in [5, 5.41) is 1.04. The number of morpholine rings is 1. The summed E-state index contributed by atoms with van der Waals surface area (Å²) in [7, 11) is 0. The van der Waals surface area contributed by atoms with Gasteiger partial charge in [-0.25, -0.2) is 0 Å². The lowest BCUT2D eigenvalue weighted by Crippen LogP contribution is -2.50. The van der Waals surface area contributed by atoms with Crippen molar-refractivity contribution < 1.29 is 4.74 Å². The molecule has 5 heteroatoms. The summed E-state index contributed by atoms with van der Waals surface area (Å²) in [6.07, 6.45) is 0. The highest BCUT2D eigenvalue weighted by molar-refractivity contribution is 7.99. The topological polar surface area (TPSA) is 15.7 Å². The summed E-state index contributed by atoms with van der Waals surface area (Å²) in [5.41, 5.74) is 0. The van der Waals surface area contributed by atoms with Crippen molar-refractivity contribution in [2.45, 2.75) is 0 Å². The molecule has 0 bridgehead atoms. The lowest BCUT2D eigenvalue weighted by molar-refractivity contribution is 0.0641. The Hall–Kier alpha value is -0.0000000000000000555. The van der Waals surface area contributed by atoms with Gasteiger partial charge in [0.1, 0.15) is 0 Å². The molecule has 2 aliphatic heterocycles. The molecular weight excluding hydrogens is 216 g/mol. The second kappa shape index (κ2) is 5.19. The molecule has 14 heavy (non-hydrogen) atoms. The standard InChI is InChI=1S/C9H16N2OS2/c13-9(10-1-5-12-6-2-10)11-3-7-14-8-4-11/h1-8H2. The highest BCUT2D eigenvalue weighted by atomic mass is 32.2. The first-order valence-electron chi connectivity index (χ1n) is 5.07. The first-order chi connectivity index (χ1) is 6.88. The molecule has 2 aliphatic rings. The summed E-state index contributed by atoms with van der Waals surface area (Å²) in [4.78, 5) is 4.60. The first-order valence-corrected chi connectivity index (χ1v) is 6.63. The summed E-state index contributed by atoms with van der Waals surface area (Å²) in [6.45, 7) is 5.79. The van der Waals surface area contributed by atoms with Crippen LogP contribution in [-0.2, 0) is 4.74 Å². The van der Waals surface area contributed by atoms with Crippen LogP contribution in [0, 0.1) is 0 Å². The van der Waals surface area contributed by atoms with Crippen molar-refractivity contribution in [3.8, 4) is 0 Å². The maximum absolute atomic E-state index is 5.48. The van der Waals surface area contributed by atoms with Gasteiger partial charge in [0.2, 0.25) is 0 Å². The molecule has 0 radical (unpaired) electrons. The smallest absolute Gasteiger partial charge is 0.171 e. The highest BCUT2D eigenvalue weighted by Crippen LogP contribution is 2.12. The Balaban J connectivity index is 1.85. The van der Waals surface area contributed by atoms with Gasteiger partial charge in [0.15, 0.2) is 5.11 Å². The Bertz CT molecular complexity index is 181. The van der Waals surface area contributed by atoms with Gasteiger partial charge in [0, 0.05) is 37.7 Å². The quantitative estimate of drug-likeness (QED) is 0.568. The van der Waals surface area contributed by atoms with Gasteiger partial charge in [-0.1, -0.05) is 0 Å². The van der Waals surface area contributed by atoms with Gasteiger partial charge in [-0.3, -0.25) is 0 Å². The zero-order chi connectivity index (χ0) is 9.80. The van der Waals surface area contributed by atoms with Crippen LogP contribution >= 0.6 is 24.0 Å². The van der Waals surface area contributed by atoms with E-state index in [4.69, 9.17) is 17.0 Å². The molecule has 2 rings (SSSR count). The van der Waals surface area contributed by atoms with Crippen molar-refractivity contribution >= 4 is 29.1 Å². The molecule has 0 aromatic heterocycles.